The average Bonchev–Trinajstić information content (AvgIpc) is 3.72. The fraction of sp³-hybridized carbons (Fsp3) is 0.750. The molecular weight excluding hydrogens is 895 g/mol. The first-order valence-electron chi connectivity index (χ1n) is 19.2. The van der Waals surface area contributed by atoms with Gasteiger partial charge < -0.3 is 56.0 Å². The summed E-state index contributed by atoms with van der Waals surface area (Å²) in [6.07, 6.45) is -0.651. The predicted octanol–water partition coefficient (Wildman–Crippen LogP) is 1.17. The van der Waals surface area contributed by atoms with Crippen LogP contribution in [-0.2, 0) is 50.7 Å². The van der Waals surface area contributed by atoms with Gasteiger partial charge in [0.05, 0.1) is 25.6 Å². The molecule has 2 aromatic heterocycles. The van der Waals surface area contributed by atoms with Crippen LogP contribution in [0.2, 0.25) is 0 Å². The fourth-order valence-corrected chi connectivity index (χ4v) is 9.38. The van der Waals surface area contributed by atoms with Gasteiger partial charge in [-0.3, -0.25) is 32.5 Å². The highest BCUT2D eigenvalue weighted by Gasteiger charge is 2.50. The number of aliphatic hydroxyl groups is 3. The molecule has 8 atom stereocenters. The van der Waals surface area contributed by atoms with E-state index in [1.54, 1.807) is 0 Å². The van der Waals surface area contributed by atoms with Crippen molar-refractivity contribution in [1.82, 2.24) is 30.2 Å². The number of fused-ring (bicyclic) bond motifs is 1. The smallest absolute Gasteiger partial charge is 0.393 e. The van der Waals surface area contributed by atoms with Gasteiger partial charge >= 0.3 is 23.5 Å². The third kappa shape index (κ3) is 17.9. The second-order valence-corrected chi connectivity index (χ2v) is 20.1. The molecule has 3 unspecified atom stereocenters. The monoisotopic (exact) mass is 951 g/mol. The lowest BCUT2D eigenvalue weighted by Crippen LogP contribution is -2.46. The summed E-state index contributed by atoms with van der Waals surface area (Å²) in [6, 6.07) is 0. The maximum Gasteiger partial charge on any atom is 0.481 e. The number of ether oxygens (including phenoxy) is 1. The van der Waals surface area contributed by atoms with Crippen LogP contribution in [0.15, 0.2) is 12.7 Å². The summed E-state index contributed by atoms with van der Waals surface area (Å²) >= 11 is 0.989. The molecule has 3 rings (SSSR count). The number of imidazole rings is 1. The van der Waals surface area contributed by atoms with Crippen LogP contribution in [0.5, 0.6) is 0 Å². The van der Waals surface area contributed by atoms with Crippen LogP contribution in [0, 0.1) is 5.41 Å². The average molecular weight is 952 g/mol. The van der Waals surface area contributed by atoms with Gasteiger partial charge in [-0.25, -0.2) is 28.6 Å². The number of anilines is 1. The Hall–Kier alpha value is -2.48. The lowest BCUT2D eigenvalue weighted by atomic mass is 9.87. The van der Waals surface area contributed by atoms with E-state index in [1.165, 1.54) is 20.3 Å². The van der Waals surface area contributed by atoms with Gasteiger partial charge in [0.25, 0.3) is 0 Å². The highest BCUT2D eigenvalue weighted by Crippen LogP contribution is 2.61. The Morgan fingerprint density at radius 3 is 2.34 bits per heavy atom. The van der Waals surface area contributed by atoms with Gasteiger partial charge in [-0.15, -0.1) is 0 Å². The molecule has 2 amide bonds. The van der Waals surface area contributed by atoms with Crippen molar-refractivity contribution in [2.75, 3.05) is 37.8 Å². The van der Waals surface area contributed by atoms with Crippen LogP contribution in [-0.4, -0.2) is 134 Å². The molecule has 61 heavy (non-hydrogen) atoms. The maximum absolute atomic E-state index is 12.7. The molecule has 0 aliphatic carbocycles. The summed E-state index contributed by atoms with van der Waals surface area (Å²) in [7, 11) is -16.4. The summed E-state index contributed by atoms with van der Waals surface area (Å²) in [4.78, 5) is 88.0. The van der Waals surface area contributed by atoms with Crippen molar-refractivity contribution in [3.05, 3.63) is 12.7 Å². The van der Waals surface area contributed by atoms with Gasteiger partial charge in [0.2, 0.25) is 11.8 Å². The van der Waals surface area contributed by atoms with E-state index in [1.807, 2.05) is 0 Å². The van der Waals surface area contributed by atoms with Crippen molar-refractivity contribution in [2.24, 2.45) is 5.41 Å². The van der Waals surface area contributed by atoms with Crippen molar-refractivity contribution >= 4 is 69.1 Å². The minimum absolute atomic E-state index is 0.0233. The standard InChI is InChI=1S/C32H56N7O18P3S/c1-4-5-6-7-8-9-10-20(40)15-23(42)61-14-13-34-22(41)11-12-35-30(45)27(44)32(2,3)17-54-60(51,52)57-59(49,50)53-16-21-26(56-58(46,47)48)25(43)31(55-21)39-19-38-24-28(33)36-18-37-29(24)39/h18-21,25-27,31,40,43-44H,4-17H2,1-3H3,(H,34,41)(H,35,45)(H,49,50)(H,51,52)(H2,33,36,37)(H2,46,47,48)/t20?,21-,25-,26-,27+,31-/m1/s1. The predicted molar refractivity (Wildman–Crippen MR) is 216 cm³/mol. The molecule has 1 fully saturated rings. The highest BCUT2D eigenvalue weighted by atomic mass is 32.2. The summed E-state index contributed by atoms with van der Waals surface area (Å²) in [5, 5.41) is 36.3. The van der Waals surface area contributed by atoms with Gasteiger partial charge in [0.15, 0.2) is 22.8 Å². The summed E-state index contributed by atoms with van der Waals surface area (Å²) in [6.45, 7) is 2.53. The zero-order chi connectivity index (χ0) is 45.6. The molecule has 0 bridgehead atoms. The van der Waals surface area contributed by atoms with Crippen LogP contribution in [0.1, 0.15) is 84.8 Å². The molecule has 2 aromatic rings. The SMILES string of the molecule is CCCCCCCCC(O)CC(=O)SCCNC(=O)CCNC(=O)[C@H](O)C(C)(C)COP(=O)(O)OP(=O)(O)OC[C@H]1O[C@@H](n2cnc3c(N)ncnc32)[C@H](O)[C@@H]1OP(=O)(O)O. The summed E-state index contributed by atoms with van der Waals surface area (Å²) in [5.74, 6) is -1.22. The number of nitrogens with two attached hydrogens (primary N) is 1. The lowest BCUT2D eigenvalue weighted by molar-refractivity contribution is -0.137. The molecule has 0 radical (unpaired) electrons. The van der Waals surface area contributed by atoms with Crippen molar-refractivity contribution in [2.45, 2.75) is 115 Å². The Morgan fingerprint density at radius 1 is 0.984 bits per heavy atom. The van der Waals surface area contributed by atoms with Gasteiger partial charge in [-0.1, -0.05) is 71.1 Å². The molecule has 29 heteroatoms. The molecule has 3 heterocycles. The molecule has 11 N–H and O–H groups in total. The number of amides is 2. The number of carbonyl (C=O) groups excluding carboxylic acids is 3. The molecule has 0 saturated carbocycles. The molecule has 1 aliphatic rings. The number of phosphoric ester groups is 3. The van der Waals surface area contributed by atoms with E-state index in [0.717, 1.165) is 61.1 Å². The summed E-state index contributed by atoms with van der Waals surface area (Å²) in [5.41, 5.74) is 4.25. The Bertz CT molecular complexity index is 1910. The van der Waals surface area contributed by atoms with E-state index in [2.05, 4.69) is 41.3 Å². The summed E-state index contributed by atoms with van der Waals surface area (Å²) < 4.78 is 62.2. The lowest BCUT2D eigenvalue weighted by Gasteiger charge is -2.30. The minimum Gasteiger partial charge on any atom is -0.393 e. The molecule has 0 aromatic carbocycles. The van der Waals surface area contributed by atoms with E-state index in [4.69, 9.17) is 19.5 Å². The van der Waals surface area contributed by atoms with Crippen molar-refractivity contribution in [3.8, 4) is 0 Å². The maximum atomic E-state index is 12.7. The third-order valence-corrected chi connectivity index (χ3v) is 13.1. The second kappa shape index (κ2) is 24.0. The second-order valence-electron chi connectivity index (χ2n) is 14.7. The van der Waals surface area contributed by atoms with Gasteiger partial charge in [-0.2, -0.15) is 4.31 Å². The molecule has 1 aliphatic heterocycles. The van der Waals surface area contributed by atoms with Crippen LogP contribution in [0.3, 0.4) is 0 Å². The van der Waals surface area contributed by atoms with E-state index in [0.29, 0.717) is 6.42 Å². The molecule has 1 saturated heterocycles. The van der Waals surface area contributed by atoms with Crippen LogP contribution in [0.25, 0.3) is 11.2 Å². The normalized spacial score (nSPS) is 21.4. The van der Waals surface area contributed by atoms with Crippen molar-refractivity contribution in [3.63, 3.8) is 0 Å². The molecule has 0 spiro atoms. The van der Waals surface area contributed by atoms with Crippen LogP contribution < -0.4 is 16.4 Å². The number of hydrogen-bond acceptors (Lipinski definition) is 19. The largest absolute Gasteiger partial charge is 0.481 e. The quantitative estimate of drug-likeness (QED) is 0.0422. The minimum atomic E-state index is -5.58. The van der Waals surface area contributed by atoms with Gasteiger partial charge in [0.1, 0.15) is 36.3 Å². The van der Waals surface area contributed by atoms with Gasteiger partial charge in [-0.05, 0) is 6.42 Å². The number of hydrogen-bond donors (Lipinski definition) is 10. The number of phosphoric acid groups is 3. The number of aromatic nitrogens is 4. The zero-order valence-corrected chi connectivity index (χ0v) is 37.3. The Labute approximate surface area is 355 Å². The molecule has 348 valence electrons. The van der Waals surface area contributed by atoms with Crippen LogP contribution in [0.4, 0.5) is 5.82 Å². The number of thioether (sulfide) groups is 1. The zero-order valence-electron chi connectivity index (χ0n) is 33.8. The van der Waals surface area contributed by atoms with Crippen LogP contribution >= 0.6 is 35.2 Å². The Morgan fingerprint density at radius 2 is 1.66 bits per heavy atom. The first-order valence-corrected chi connectivity index (χ1v) is 24.7. The van der Waals surface area contributed by atoms with Crippen molar-refractivity contribution < 1.29 is 85.6 Å². The molecular formula is C32H56N7O18P3S. The number of carbonyl (C=O) groups is 3. The number of nitrogens with one attached hydrogen (secondary N) is 2. The van der Waals surface area contributed by atoms with Crippen molar-refractivity contribution in [1.29, 1.82) is 0 Å². The third-order valence-electron chi connectivity index (χ3n) is 9.06. The Kier molecular flexibility index (Phi) is 20.8. The number of rotatable bonds is 28. The first kappa shape index (κ1) is 52.9. The van der Waals surface area contributed by atoms with E-state index in [-0.39, 0.29) is 53.8 Å². The highest BCUT2D eigenvalue weighted by molar-refractivity contribution is 8.13. The fourth-order valence-electron chi connectivity index (χ4n) is 5.81. The number of aliphatic hydroxyl groups excluding tert-OH is 3. The van der Waals surface area contributed by atoms with E-state index in [9.17, 15) is 63.0 Å². The first-order chi connectivity index (χ1) is 28.4. The number of nitrogens with zero attached hydrogens (tertiary/aromatic N) is 4. The van der Waals surface area contributed by atoms with E-state index < -0.39 is 90.7 Å². The Balaban J connectivity index is 1.41. The number of nitrogen functional groups attached to an aromatic ring is 1. The number of unbranched alkanes of at least 4 members (excludes halogenated alkanes) is 5. The van der Waals surface area contributed by atoms with E-state index >= 15 is 0 Å². The topological polar surface area (TPSA) is 384 Å². The van der Waals surface area contributed by atoms with Gasteiger partial charge in [0, 0.05) is 37.1 Å². The molecule has 25 nitrogen and oxygen atoms in total.